The van der Waals surface area contributed by atoms with Gasteiger partial charge in [0.05, 0.1) is 35.5 Å². The van der Waals surface area contributed by atoms with Crippen LogP contribution in [0.15, 0.2) is 72.3 Å². The largest absolute Gasteiger partial charge is 0.507 e. The van der Waals surface area contributed by atoms with Crippen LogP contribution in [0.2, 0.25) is 0 Å². The second kappa shape index (κ2) is 10.6. The summed E-state index contributed by atoms with van der Waals surface area (Å²) < 4.78 is 25.5. The normalized spacial score (nSPS) is 16.8. The number of rotatable bonds is 8. The number of aliphatic hydroxyl groups excluding tert-OH is 1. The number of aliphatic hydroxyl groups is 1. The molecule has 0 saturated carbocycles. The zero-order valence-corrected chi connectivity index (χ0v) is 21.6. The minimum atomic E-state index is -0.975. The predicted octanol–water partition coefficient (Wildman–Crippen LogP) is 6.25. The number of methoxy groups -OCH3 is 1. The molecule has 1 N–H and O–H groups in total. The summed E-state index contributed by atoms with van der Waals surface area (Å²) in [6, 6.07) is 16.8. The molecule has 0 bridgehead atoms. The molecule has 0 aliphatic carbocycles. The highest BCUT2D eigenvalue weighted by atomic mass is 32.1. The molecule has 2 heterocycles. The summed E-state index contributed by atoms with van der Waals surface area (Å²) in [4.78, 5) is 32.7. The number of unbranched alkanes of at least 4 members (excludes halogenated alkanes) is 1. The van der Waals surface area contributed by atoms with Crippen molar-refractivity contribution >= 4 is 44.1 Å². The smallest absolute Gasteiger partial charge is 0.301 e. The average Bonchev–Trinajstić information content (AvgIpc) is 3.46. The summed E-state index contributed by atoms with van der Waals surface area (Å²) in [6.07, 6.45) is 1.85. The number of amides is 1. The van der Waals surface area contributed by atoms with Crippen molar-refractivity contribution in [1.82, 2.24) is 4.98 Å². The fraction of sp³-hybridized carbons (Fsp3) is 0.207. The maximum atomic E-state index is 13.9. The number of anilines is 1. The van der Waals surface area contributed by atoms with Gasteiger partial charge in [-0.25, -0.2) is 9.37 Å². The first kappa shape index (κ1) is 25.4. The molecule has 1 amide bonds. The van der Waals surface area contributed by atoms with E-state index in [1.54, 1.807) is 48.5 Å². The SMILES string of the molecule is CCCCOc1cccc(C2C(=C(O)c3ccc(OC)cc3)C(=O)C(=O)N2c2nc3ccc(F)cc3s2)c1. The monoisotopic (exact) mass is 532 g/mol. The van der Waals surface area contributed by atoms with E-state index in [0.717, 1.165) is 24.2 Å². The zero-order valence-electron chi connectivity index (χ0n) is 20.8. The van der Waals surface area contributed by atoms with Gasteiger partial charge in [0.25, 0.3) is 5.78 Å². The first-order chi connectivity index (χ1) is 18.4. The number of Topliss-reactive ketones (excluding diaryl/α,β-unsaturated/α-hetero) is 1. The Bertz CT molecular complexity index is 1550. The van der Waals surface area contributed by atoms with Gasteiger partial charge >= 0.3 is 5.91 Å². The van der Waals surface area contributed by atoms with Crippen LogP contribution >= 0.6 is 11.3 Å². The second-order valence-electron chi connectivity index (χ2n) is 8.78. The molecule has 5 rings (SSSR count). The van der Waals surface area contributed by atoms with Crippen molar-refractivity contribution in [3.8, 4) is 11.5 Å². The van der Waals surface area contributed by atoms with Crippen molar-refractivity contribution in [2.45, 2.75) is 25.8 Å². The molecule has 7 nitrogen and oxygen atoms in total. The molecule has 1 unspecified atom stereocenters. The number of carbonyl (C=O) groups excluding carboxylic acids is 2. The Kier molecular flexibility index (Phi) is 7.11. The van der Waals surface area contributed by atoms with Gasteiger partial charge in [0.1, 0.15) is 23.1 Å². The lowest BCUT2D eigenvalue weighted by Crippen LogP contribution is -2.29. The van der Waals surface area contributed by atoms with Gasteiger partial charge in [0, 0.05) is 5.56 Å². The Morgan fingerprint density at radius 1 is 1.08 bits per heavy atom. The van der Waals surface area contributed by atoms with Gasteiger partial charge in [0.2, 0.25) is 0 Å². The molecule has 0 radical (unpaired) electrons. The molecular formula is C29H25FN2O5S. The Morgan fingerprint density at radius 3 is 2.61 bits per heavy atom. The number of ether oxygens (including phenoxy) is 2. The van der Waals surface area contributed by atoms with E-state index in [-0.39, 0.29) is 16.5 Å². The first-order valence-electron chi connectivity index (χ1n) is 12.2. The van der Waals surface area contributed by atoms with Crippen molar-refractivity contribution in [3.63, 3.8) is 0 Å². The number of hydrogen-bond acceptors (Lipinski definition) is 7. The highest BCUT2D eigenvalue weighted by Gasteiger charge is 2.48. The standard InChI is InChI=1S/C29H25FN2O5S/c1-3-4-14-37-21-7-5-6-18(15-21)25-24(26(33)17-8-11-20(36-2)12-9-17)27(34)28(35)32(25)29-31-22-13-10-19(30)16-23(22)38-29/h5-13,15-16,25,33H,3-4,14H2,1-2H3. The quantitative estimate of drug-likeness (QED) is 0.125. The molecule has 1 aliphatic heterocycles. The third-order valence-corrected chi connectivity index (χ3v) is 7.31. The van der Waals surface area contributed by atoms with Gasteiger partial charge in [-0.2, -0.15) is 0 Å². The molecular weight excluding hydrogens is 507 g/mol. The van der Waals surface area contributed by atoms with E-state index in [4.69, 9.17) is 9.47 Å². The minimum Gasteiger partial charge on any atom is -0.507 e. The Morgan fingerprint density at radius 2 is 1.87 bits per heavy atom. The Balaban J connectivity index is 1.67. The van der Waals surface area contributed by atoms with E-state index in [2.05, 4.69) is 11.9 Å². The van der Waals surface area contributed by atoms with Crippen LogP contribution in [0.3, 0.4) is 0 Å². The number of benzene rings is 3. The highest BCUT2D eigenvalue weighted by molar-refractivity contribution is 7.22. The second-order valence-corrected chi connectivity index (χ2v) is 9.79. The molecule has 1 fully saturated rings. The molecule has 1 saturated heterocycles. The number of carbonyl (C=O) groups is 2. The number of thiazole rings is 1. The first-order valence-corrected chi connectivity index (χ1v) is 13.0. The van der Waals surface area contributed by atoms with Gasteiger partial charge in [-0.05, 0) is 66.6 Å². The summed E-state index contributed by atoms with van der Waals surface area (Å²) in [7, 11) is 1.53. The number of fused-ring (bicyclic) bond motifs is 1. The van der Waals surface area contributed by atoms with Gasteiger partial charge in [-0.15, -0.1) is 0 Å². The third kappa shape index (κ3) is 4.72. The minimum absolute atomic E-state index is 0.0729. The van der Waals surface area contributed by atoms with Crippen LogP contribution in [0.4, 0.5) is 9.52 Å². The number of halogens is 1. The fourth-order valence-electron chi connectivity index (χ4n) is 4.35. The lowest BCUT2D eigenvalue weighted by molar-refractivity contribution is -0.132. The van der Waals surface area contributed by atoms with E-state index < -0.39 is 23.5 Å². The molecule has 4 aromatic rings. The van der Waals surface area contributed by atoms with Gasteiger partial charge in [-0.3, -0.25) is 14.5 Å². The van der Waals surface area contributed by atoms with Crippen molar-refractivity contribution in [1.29, 1.82) is 0 Å². The molecule has 38 heavy (non-hydrogen) atoms. The summed E-state index contributed by atoms with van der Waals surface area (Å²) in [6.45, 7) is 2.59. The van der Waals surface area contributed by atoms with Crippen LogP contribution in [0, 0.1) is 5.82 Å². The number of ketones is 1. The Labute approximate surface area is 222 Å². The van der Waals surface area contributed by atoms with Gasteiger partial charge < -0.3 is 14.6 Å². The molecule has 1 aromatic heterocycles. The van der Waals surface area contributed by atoms with Crippen LogP contribution in [-0.4, -0.2) is 35.5 Å². The number of nitrogens with zero attached hydrogens (tertiary/aromatic N) is 2. The summed E-state index contributed by atoms with van der Waals surface area (Å²) in [5, 5.41) is 11.6. The number of hydrogen-bond donors (Lipinski definition) is 1. The third-order valence-electron chi connectivity index (χ3n) is 6.29. The maximum absolute atomic E-state index is 13.9. The van der Waals surface area contributed by atoms with Crippen LogP contribution in [0.1, 0.15) is 36.9 Å². The highest BCUT2D eigenvalue weighted by Crippen LogP contribution is 2.45. The molecule has 0 spiro atoms. The topological polar surface area (TPSA) is 89.0 Å². The van der Waals surface area contributed by atoms with Crippen LogP contribution in [0.25, 0.3) is 16.0 Å². The molecule has 194 valence electrons. The van der Waals surface area contributed by atoms with Gasteiger partial charge in [0.15, 0.2) is 5.13 Å². The summed E-state index contributed by atoms with van der Waals surface area (Å²) in [5.41, 5.74) is 1.35. The van der Waals surface area contributed by atoms with Crippen molar-refractivity contribution < 1.29 is 28.6 Å². The average molecular weight is 533 g/mol. The van der Waals surface area contributed by atoms with Gasteiger partial charge in [-0.1, -0.05) is 36.8 Å². The van der Waals surface area contributed by atoms with E-state index in [1.807, 2.05) is 0 Å². The summed E-state index contributed by atoms with van der Waals surface area (Å²) in [5.74, 6) is -1.26. The Hall–Kier alpha value is -4.24. The molecule has 9 heteroatoms. The molecule has 1 aliphatic rings. The van der Waals surface area contributed by atoms with E-state index in [0.29, 0.717) is 39.4 Å². The van der Waals surface area contributed by atoms with E-state index in [1.165, 1.54) is 30.2 Å². The maximum Gasteiger partial charge on any atom is 0.301 e. The van der Waals surface area contributed by atoms with E-state index >= 15 is 0 Å². The molecule has 3 aromatic carbocycles. The fourth-order valence-corrected chi connectivity index (χ4v) is 5.36. The van der Waals surface area contributed by atoms with Crippen molar-refractivity contribution in [2.24, 2.45) is 0 Å². The zero-order chi connectivity index (χ0) is 26.8. The van der Waals surface area contributed by atoms with Crippen LogP contribution in [0.5, 0.6) is 11.5 Å². The lowest BCUT2D eigenvalue weighted by Gasteiger charge is -2.23. The summed E-state index contributed by atoms with van der Waals surface area (Å²) >= 11 is 1.10. The van der Waals surface area contributed by atoms with Crippen LogP contribution < -0.4 is 14.4 Å². The van der Waals surface area contributed by atoms with Crippen molar-refractivity contribution in [2.75, 3.05) is 18.6 Å². The lowest BCUT2D eigenvalue weighted by atomic mass is 9.95. The number of aromatic nitrogens is 1. The molecule has 1 atom stereocenters. The van der Waals surface area contributed by atoms with E-state index in [9.17, 15) is 19.1 Å². The predicted molar refractivity (Wildman–Crippen MR) is 144 cm³/mol. The van der Waals surface area contributed by atoms with Crippen LogP contribution in [-0.2, 0) is 9.59 Å². The van der Waals surface area contributed by atoms with Crippen molar-refractivity contribution in [3.05, 3.63) is 89.2 Å².